The van der Waals surface area contributed by atoms with Crippen LogP contribution in [-0.2, 0) is 14.4 Å². The molecule has 0 saturated heterocycles. The average molecular weight is 601 g/mol. The summed E-state index contributed by atoms with van der Waals surface area (Å²) in [5, 5.41) is 22.2. The molecule has 1 atom stereocenters. The molecule has 0 aromatic heterocycles. The molecule has 0 aromatic rings. The zero-order valence-corrected chi connectivity index (χ0v) is 29.5. The van der Waals surface area contributed by atoms with Gasteiger partial charge in [0.05, 0.1) is 0 Å². The molecule has 0 spiro atoms. The summed E-state index contributed by atoms with van der Waals surface area (Å²) in [6.07, 6.45) is 31.4. The van der Waals surface area contributed by atoms with Crippen LogP contribution in [0.15, 0.2) is 0 Å². The third-order valence-electron chi connectivity index (χ3n) is 6.40. The van der Waals surface area contributed by atoms with Crippen LogP contribution in [0.5, 0.6) is 0 Å². The maximum absolute atomic E-state index is 9.00. The Morgan fingerprint density at radius 1 is 0.436 bits per heavy atom. The van der Waals surface area contributed by atoms with E-state index in [1.807, 2.05) is 0 Å². The van der Waals surface area contributed by atoms with E-state index in [1.165, 1.54) is 116 Å². The van der Waals surface area contributed by atoms with E-state index in [0.717, 1.165) is 20.8 Å². The Bertz CT molecular complexity index is 434. The molecule has 1 unspecified atom stereocenters. The number of unbranched alkanes of at least 4 members (excludes halogenated alkanes) is 15. The molecule has 0 radical (unpaired) electrons. The van der Waals surface area contributed by atoms with Crippen molar-refractivity contribution in [3.05, 3.63) is 0 Å². The van der Waals surface area contributed by atoms with Gasteiger partial charge in [0, 0.05) is 20.8 Å². The molecule has 0 aliphatic carbocycles. The first-order chi connectivity index (χ1) is 17.9. The van der Waals surface area contributed by atoms with Gasteiger partial charge in [-0.1, -0.05) is 0 Å². The van der Waals surface area contributed by atoms with Gasteiger partial charge in [-0.05, 0) is 0 Å². The number of carboxylic acid groups (broad SMARTS) is 3. The van der Waals surface area contributed by atoms with E-state index in [9.17, 15) is 0 Å². The fraction of sp³-hybridized carbons (Fsp3) is 0.903. The molecule has 39 heavy (non-hydrogen) atoms. The van der Waals surface area contributed by atoms with Crippen LogP contribution in [0, 0.1) is 0 Å². The van der Waals surface area contributed by atoms with Crippen LogP contribution in [-0.4, -0.2) is 58.4 Å². The van der Waals surface area contributed by atoms with Gasteiger partial charge in [0.25, 0.3) is 17.9 Å². The van der Waals surface area contributed by atoms with Crippen molar-refractivity contribution in [3.8, 4) is 0 Å². The molecule has 0 bridgehead atoms. The summed E-state index contributed by atoms with van der Waals surface area (Å²) in [5.74, 6) is -2.50. The smallest absolute Gasteiger partial charge is 0.153 e. The Morgan fingerprint density at radius 3 is 0.769 bits per heavy atom. The van der Waals surface area contributed by atoms with Crippen molar-refractivity contribution >= 4 is 35.1 Å². The van der Waals surface area contributed by atoms with E-state index in [0.29, 0.717) is 0 Å². The van der Waals surface area contributed by atoms with Gasteiger partial charge in [-0.25, -0.2) is 0 Å². The van der Waals surface area contributed by atoms with E-state index >= 15 is 0 Å². The topological polar surface area (TPSA) is 112 Å². The van der Waals surface area contributed by atoms with Gasteiger partial charge in [-0.15, -0.1) is 0 Å². The quantitative estimate of drug-likeness (QED) is 0.0893. The standard InChI is InChI=1S/C25H55P.3C2H4O2.H3P/c1-5-8-11-14-17-20-23-26(4,24-21-18-15-12-9-6-2)25-22-19-16-13-10-7-3;3*1-2(3)4;/h26H,5-25H2,1-4H3;3*1H3,(H,3,4);1H3. The molecule has 0 amide bonds. The van der Waals surface area contributed by atoms with E-state index in [4.69, 9.17) is 29.7 Å². The van der Waals surface area contributed by atoms with Gasteiger partial charge >= 0.3 is 169 Å². The van der Waals surface area contributed by atoms with Crippen LogP contribution in [0.25, 0.3) is 0 Å². The fourth-order valence-corrected chi connectivity index (χ4v) is 8.43. The van der Waals surface area contributed by atoms with Crippen molar-refractivity contribution in [1.82, 2.24) is 0 Å². The number of aliphatic carboxylic acids is 3. The van der Waals surface area contributed by atoms with Crippen molar-refractivity contribution in [2.24, 2.45) is 0 Å². The van der Waals surface area contributed by atoms with E-state index in [2.05, 4.69) is 27.4 Å². The van der Waals surface area contributed by atoms with Crippen molar-refractivity contribution in [2.45, 2.75) is 157 Å². The maximum atomic E-state index is 9.00. The van der Waals surface area contributed by atoms with Gasteiger partial charge in [0.1, 0.15) is 0 Å². The second-order valence-electron chi connectivity index (χ2n) is 10.9. The Kier molecular flexibility index (Phi) is 48.5. The molecule has 3 N–H and O–H groups in total. The number of rotatable bonds is 21. The zero-order valence-electron chi connectivity index (χ0n) is 27.1. The van der Waals surface area contributed by atoms with Gasteiger partial charge in [-0.2, -0.15) is 9.90 Å². The summed E-state index contributed by atoms with van der Waals surface area (Å²) < 4.78 is 0. The summed E-state index contributed by atoms with van der Waals surface area (Å²) in [5.41, 5.74) is 0. The SMILES string of the molecule is CC(=O)O.CC(=O)O.CC(=O)O.CCCCCCCC[PH](C)(CCCCCCCC)CCCCCCCC.P. The minimum absolute atomic E-state index is 0. The van der Waals surface area contributed by atoms with Crippen LogP contribution in [0.1, 0.15) is 157 Å². The molecule has 240 valence electrons. The second-order valence-corrected chi connectivity index (χ2v) is 16.0. The first-order valence-corrected chi connectivity index (χ1v) is 18.6. The Hall–Kier alpha value is -0.730. The van der Waals surface area contributed by atoms with E-state index in [-0.39, 0.29) is 9.90 Å². The molecule has 8 heteroatoms. The summed E-state index contributed by atoms with van der Waals surface area (Å²) in [7, 11) is -0.955. The summed E-state index contributed by atoms with van der Waals surface area (Å²) in [6, 6.07) is 0. The molecule has 0 aliphatic heterocycles. The van der Waals surface area contributed by atoms with Gasteiger partial charge in [0.15, 0.2) is 0 Å². The predicted octanol–water partition coefficient (Wildman–Crippen LogP) is 9.78. The maximum Gasteiger partial charge on any atom is -0.153 e. The largest absolute Gasteiger partial charge is 0.153 e. The number of carboxylic acids is 3. The van der Waals surface area contributed by atoms with Gasteiger partial charge in [0.2, 0.25) is 0 Å². The molecule has 0 fully saturated rings. The van der Waals surface area contributed by atoms with Crippen molar-refractivity contribution in [3.63, 3.8) is 0 Å². The predicted molar refractivity (Wildman–Crippen MR) is 180 cm³/mol. The van der Waals surface area contributed by atoms with Crippen LogP contribution in [0.4, 0.5) is 0 Å². The third kappa shape index (κ3) is 67.2. The first-order valence-electron chi connectivity index (χ1n) is 15.5. The van der Waals surface area contributed by atoms with E-state index in [1.54, 1.807) is 18.5 Å². The molecule has 0 heterocycles. The molecule has 0 rings (SSSR count). The molecular weight excluding hydrogens is 530 g/mol. The van der Waals surface area contributed by atoms with Gasteiger partial charge in [-0.3, -0.25) is 14.4 Å². The van der Waals surface area contributed by atoms with Gasteiger partial charge < -0.3 is 15.3 Å². The average Bonchev–Trinajstić information content (AvgIpc) is 2.80. The number of hydrogen-bond acceptors (Lipinski definition) is 3. The number of carbonyl (C=O) groups is 3. The second kappa shape index (κ2) is 39.4. The van der Waals surface area contributed by atoms with Crippen LogP contribution in [0.3, 0.4) is 0 Å². The molecule has 6 nitrogen and oxygen atoms in total. The fourth-order valence-electron chi connectivity index (χ4n) is 4.37. The Balaban J connectivity index is -0.000000247. The van der Waals surface area contributed by atoms with Crippen molar-refractivity contribution in [1.29, 1.82) is 0 Å². The molecule has 0 aromatic carbocycles. The molecule has 0 aliphatic rings. The molecular formula is C31H70O6P2. The van der Waals surface area contributed by atoms with E-state index < -0.39 is 25.2 Å². The van der Waals surface area contributed by atoms with Crippen molar-refractivity contribution < 1.29 is 29.7 Å². The summed E-state index contributed by atoms with van der Waals surface area (Å²) in [4.78, 5) is 27.0. The minimum Gasteiger partial charge on any atom is -0.153 e. The van der Waals surface area contributed by atoms with Crippen LogP contribution >= 0.6 is 17.2 Å². The summed E-state index contributed by atoms with van der Waals surface area (Å²) in [6.45, 7) is 13.0. The Labute approximate surface area is 246 Å². The summed E-state index contributed by atoms with van der Waals surface area (Å²) >= 11 is 0. The van der Waals surface area contributed by atoms with Crippen LogP contribution in [0.2, 0.25) is 0 Å². The monoisotopic (exact) mass is 600 g/mol. The normalized spacial score (nSPS) is 10.3. The zero-order chi connectivity index (χ0) is 30.1. The first kappa shape index (κ1) is 48.0. The number of hydrogen-bond donors (Lipinski definition) is 3. The Morgan fingerprint density at radius 2 is 0.590 bits per heavy atom. The minimum atomic E-state index is -0.955. The molecule has 0 saturated carbocycles. The third-order valence-corrected chi connectivity index (χ3v) is 11.1. The van der Waals surface area contributed by atoms with Crippen LogP contribution < -0.4 is 0 Å². The van der Waals surface area contributed by atoms with Crippen molar-refractivity contribution in [2.75, 3.05) is 25.2 Å².